The highest BCUT2D eigenvalue weighted by molar-refractivity contribution is 5.61. The third-order valence-corrected chi connectivity index (χ3v) is 2.79. The number of hydrogen-bond donors (Lipinski definition) is 0. The summed E-state index contributed by atoms with van der Waals surface area (Å²) in [6.45, 7) is 0. The maximum atomic E-state index is 13.0. The molecule has 0 unspecified atom stereocenters. The molecule has 96 valence electrons. The van der Waals surface area contributed by atoms with Crippen molar-refractivity contribution in [3.8, 4) is 11.3 Å². The predicted octanol–water partition coefficient (Wildman–Crippen LogP) is 2.00. The SMILES string of the molecule is CN(C)c1ccc(-c2cn3ccc(F)nc3n2)cn1. The predicted molar refractivity (Wildman–Crippen MR) is 70.5 cm³/mol. The lowest BCUT2D eigenvalue weighted by Crippen LogP contribution is -2.09. The Bertz CT molecular complexity index is 717. The lowest BCUT2D eigenvalue weighted by molar-refractivity contribution is 0.583. The topological polar surface area (TPSA) is 46.3 Å². The Morgan fingerprint density at radius 1 is 1.16 bits per heavy atom. The van der Waals surface area contributed by atoms with Crippen molar-refractivity contribution in [3.05, 3.63) is 42.7 Å². The number of imidazole rings is 1. The molecule has 0 fully saturated rings. The molecule has 3 aromatic rings. The highest BCUT2D eigenvalue weighted by Gasteiger charge is 2.07. The Morgan fingerprint density at radius 3 is 2.68 bits per heavy atom. The minimum Gasteiger partial charge on any atom is -0.363 e. The van der Waals surface area contributed by atoms with Crippen LogP contribution in [0, 0.1) is 5.95 Å². The van der Waals surface area contributed by atoms with Crippen LogP contribution in [0.4, 0.5) is 10.2 Å². The van der Waals surface area contributed by atoms with Gasteiger partial charge in [0.05, 0.1) is 5.69 Å². The number of hydrogen-bond acceptors (Lipinski definition) is 4. The molecule has 0 amide bonds. The molecule has 0 aromatic carbocycles. The number of pyridine rings is 1. The molecule has 0 N–H and O–H groups in total. The number of nitrogens with zero attached hydrogens (tertiary/aromatic N) is 5. The van der Waals surface area contributed by atoms with Gasteiger partial charge in [-0.05, 0) is 12.1 Å². The summed E-state index contributed by atoms with van der Waals surface area (Å²) in [7, 11) is 3.86. The van der Waals surface area contributed by atoms with E-state index in [0.29, 0.717) is 5.78 Å². The smallest absolute Gasteiger partial charge is 0.236 e. The van der Waals surface area contributed by atoms with E-state index in [0.717, 1.165) is 17.1 Å². The molecule has 3 rings (SSSR count). The van der Waals surface area contributed by atoms with E-state index in [4.69, 9.17) is 0 Å². The van der Waals surface area contributed by atoms with Crippen molar-refractivity contribution in [1.82, 2.24) is 19.4 Å². The van der Waals surface area contributed by atoms with Crippen LogP contribution < -0.4 is 4.90 Å². The first-order valence-corrected chi connectivity index (χ1v) is 5.78. The molecule has 0 aliphatic heterocycles. The average Bonchev–Trinajstić information content (AvgIpc) is 2.81. The first kappa shape index (κ1) is 11.6. The average molecular weight is 257 g/mol. The summed E-state index contributed by atoms with van der Waals surface area (Å²) in [5, 5.41) is 0. The summed E-state index contributed by atoms with van der Waals surface area (Å²) in [6.07, 6.45) is 5.14. The first-order valence-electron chi connectivity index (χ1n) is 5.78. The van der Waals surface area contributed by atoms with E-state index >= 15 is 0 Å². The van der Waals surface area contributed by atoms with Crippen LogP contribution in [-0.4, -0.2) is 33.4 Å². The van der Waals surface area contributed by atoms with Crippen molar-refractivity contribution in [3.63, 3.8) is 0 Å². The summed E-state index contributed by atoms with van der Waals surface area (Å²) in [4.78, 5) is 14.2. The highest BCUT2D eigenvalue weighted by Crippen LogP contribution is 2.19. The van der Waals surface area contributed by atoms with E-state index in [1.165, 1.54) is 6.07 Å². The van der Waals surface area contributed by atoms with Crippen LogP contribution in [0.15, 0.2) is 36.8 Å². The summed E-state index contributed by atoms with van der Waals surface area (Å²) in [5.41, 5.74) is 1.59. The van der Waals surface area contributed by atoms with E-state index < -0.39 is 5.95 Å². The number of halogens is 1. The molecule has 3 heterocycles. The van der Waals surface area contributed by atoms with Crippen LogP contribution in [0.2, 0.25) is 0 Å². The molecule has 0 aliphatic carbocycles. The standard InChI is InChI=1S/C13H12FN5/c1-18(2)12-4-3-9(7-15-12)10-8-19-6-5-11(14)17-13(19)16-10/h3-8H,1-2H3. The zero-order chi connectivity index (χ0) is 13.4. The molecular formula is C13H12FN5. The third-order valence-electron chi connectivity index (χ3n) is 2.79. The van der Waals surface area contributed by atoms with Gasteiger partial charge in [0, 0.05) is 44.3 Å². The lowest BCUT2D eigenvalue weighted by atomic mass is 10.2. The molecule has 19 heavy (non-hydrogen) atoms. The zero-order valence-electron chi connectivity index (χ0n) is 10.6. The van der Waals surface area contributed by atoms with Gasteiger partial charge in [0.25, 0.3) is 0 Å². The fourth-order valence-corrected chi connectivity index (χ4v) is 1.79. The molecule has 0 spiro atoms. The fraction of sp³-hybridized carbons (Fsp3) is 0.154. The van der Waals surface area contributed by atoms with Crippen LogP contribution in [-0.2, 0) is 0 Å². The summed E-state index contributed by atoms with van der Waals surface area (Å²) < 4.78 is 14.7. The fourth-order valence-electron chi connectivity index (χ4n) is 1.79. The van der Waals surface area contributed by atoms with Crippen molar-refractivity contribution in [2.24, 2.45) is 0 Å². The Hall–Kier alpha value is -2.50. The van der Waals surface area contributed by atoms with Gasteiger partial charge in [0.15, 0.2) is 0 Å². The molecular weight excluding hydrogens is 245 g/mol. The molecule has 0 atom stereocenters. The van der Waals surface area contributed by atoms with Gasteiger partial charge in [-0.15, -0.1) is 0 Å². The Labute approximate surface area is 109 Å². The molecule has 5 nitrogen and oxygen atoms in total. The Balaban J connectivity index is 2.03. The van der Waals surface area contributed by atoms with Gasteiger partial charge in [0.2, 0.25) is 11.7 Å². The van der Waals surface area contributed by atoms with Gasteiger partial charge >= 0.3 is 0 Å². The Kier molecular flexibility index (Phi) is 2.63. The van der Waals surface area contributed by atoms with Gasteiger partial charge in [-0.3, -0.25) is 4.40 Å². The minimum absolute atomic E-state index is 0.340. The Morgan fingerprint density at radius 2 is 2.00 bits per heavy atom. The van der Waals surface area contributed by atoms with Crippen LogP contribution >= 0.6 is 0 Å². The van der Waals surface area contributed by atoms with E-state index in [9.17, 15) is 4.39 Å². The van der Waals surface area contributed by atoms with Crippen molar-refractivity contribution < 1.29 is 4.39 Å². The quantitative estimate of drug-likeness (QED) is 0.659. The van der Waals surface area contributed by atoms with Crippen LogP contribution in [0.25, 0.3) is 17.0 Å². The van der Waals surface area contributed by atoms with Crippen molar-refractivity contribution in [1.29, 1.82) is 0 Å². The van der Waals surface area contributed by atoms with E-state index in [1.54, 1.807) is 23.0 Å². The molecule has 3 aromatic heterocycles. The second-order valence-electron chi connectivity index (χ2n) is 4.38. The lowest BCUT2D eigenvalue weighted by Gasteiger charge is -2.10. The van der Waals surface area contributed by atoms with Gasteiger partial charge < -0.3 is 4.90 Å². The maximum Gasteiger partial charge on any atom is 0.236 e. The summed E-state index contributed by atoms with van der Waals surface area (Å²) >= 11 is 0. The van der Waals surface area contributed by atoms with E-state index in [1.807, 2.05) is 31.1 Å². The van der Waals surface area contributed by atoms with Gasteiger partial charge in [0.1, 0.15) is 5.82 Å². The maximum absolute atomic E-state index is 13.0. The first-order chi connectivity index (χ1) is 9.13. The van der Waals surface area contributed by atoms with Gasteiger partial charge in [-0.1, -0.05) is 0 Å². The van der Waals surface area contributed by atoms with Crippen molar-refractivity contribution in [2.75, 3.05) is 19.0 Å². The third kappa shape index (κ3) is 2.12. The molecule has 0 aliphatic rings. The second-order valence-corrected chi connectivity index (χ2v) is 4.38. The molecule has 0 bridgehead atoms. The summed E-state index contributed by atoms with van der Waals surface area (Å²) in [5.74, 6) is 0.675. The highest BCUT2D eigenvalue weighted by atomic mass is 19.1. The molecule has 0 saturated heterocycles. The minimum atomic E-state index is -0.536. The molecule has 0 radical (unpaired) electrons. The zero-order valence-corrected chi connectivity index (χ0v) is 10.6. The normalized spacial score (nSPS) is 10.9. The van der Waals surface area contributed by atoms with Gasteiger partial charge in [-0.2, -0.15) is 9.37 Å². The number of rotatable bonds is 2. The molecule has 6 heteroatoms. The van der Waals surface area contributed by atoms with Crippen molar-refractivity contribution in [2.45, 2.75) is 0 Å². The number of fused-ring (bicyclic) bond motifs is 1. The number of aromatic nitrogens is 4. The van der Waals surface area contributed by atoms with Crippen LogP contribution in [0.1, 0.15) is 0 Å². The van der Waals surface area contributed by atoms with E-state index in [2.05, 4.69) is 15.0 Å². The van der Waals surface area contributed by atoms with Crippen LogP contribution in [0.5, 0.6) is 0 Å². The van der Waals surface area contributed by atoms with Crippen LogP contribution in [0.3, 0.4) is 0 Å². The number of anilines is 1. The summed E-state index contributed by atoms with van der Waals surface area (Å²) in [6, 6.07) is 5.14. The van der Waals surface area contributed by atoms with Gasteiger partial charge in [-0.25, -0.2) is 9.97 Å². The largest absolute Gasteiger partial charge is 0.363 e. The molecule has 0 saturated carbocycles. The van der Waals surface area contributed by atoms with Crippen molar-refractivity contribution >= 4 is 11.6 Å². The second kappa shape index (κ2) is 4.31. The monoisotopic (exact) mass is 257 g/mol. The van der Waals surface area contributed by atoms with E-state index in [-0.39, 0.29) is 0 Å².